The van der Waals surface area contributed by atoms with E-state index in [1.807, 2.05) is 13.0 Å². The van der Waals surface area contributed by atoms with Crippen LogP contribution in [0.15, 0.2) is 18.2 Å². The monoisotopic (exact) mass is 231 g/mol. The molecule has 17 heavy (non-hydrogen) atoms. The van der Waals surface area contributed by atoms with Gasteiger partial charge in [0.25, 0.3) is 0 Å². The van der Waals surface area contributed by atoms with Gasteiger partial charge in [-0.15, -0.1) is 0 Å². The number of nitrogens with one attached hydrogen (secondary N) is 2. The molecule has 0 saturated carbocycles. The Kier molecular flexibility index (Phi) is 4.23. The molecule has 1 aromatic carbocycles. The van der Waals surface area contributed by atoms with Gasteiger partial charge in [-0.2, -0.15) is 5.26 Å². The number of carbonyl (C=O) groups is 2. The lowest BCUT2D eigenvalue weighted by molar-refractivity contribution is -0.115. The van der Waals surface area contributed by atoms with Crippen molar-refractivity contribution in [1.82, 2.24) is 0 Å². The molecule has 0 spiro atoms. The summed E-state index contributed by atoms with van der Waals surface area (Å²) in [5.74, 6) is -0.616. The Morgan fingerprint density at radius 1 is 1.29 bits per heavy atom. The summed E-state index contributed by atoms with van der Waals surface area (Å²) in [6.07, 6.45) is -0.215. The highest BCUT2D eigenvalue weighted by Crippen LogP contribution is 2.23. The predicted octanol–water partition coefficient (Wildman–Crippen LogP) is 1.81. The molecule has 0 aromatic heterocycles. The molecule has 0 bridgehead atoms. The first kappa shape index (κ1) is 12.7. The molecule has 2 N–H and O–H groups in total. The Hall–Kier alpha value is -2.35. The standard InChI is InChI=1S/C12H13N3O2/c1-8-3-4-10(14-9(2)16)11(7-8)15-12(17)5-6-13/h3-4,7H,5H2,1-2H3,(H,14,16)(H,15,17). The average Bonchev–Trinajstić information content (AvgIpc) is 2.22. The van der Waals surface area contributed by atoms with E-state index >= 15 is 0 Å². The van der Waals surface area contributed by atoms with Crippen LogP contribution >= 0.6 is 0 Å². The predicted molar refractivity (Wildman–Crippen MR) is 64.3 cm³/mol. The number of rotatable bonds is 3. The van der Waals surface area contributed by atoms with Gasteiger partial charge in [0, 0.05) is 6.92 Å². The van der Waals surface area contributed by atoms with E-state index in [4.69, 9.17) is 5.26 Å². The topological polar surface area (TPSA) is 82.0 Å². The van der Waals surface area contributed by atoms with Gasteiger partial charge in [-0.05, 0) is 24.6 Å². The SMILES string of the molecule is CC(=O)Nc1ccc(C)cc1NC(=O)CC#N. The van der Waals surface area contributed by atoms with Gasteiger partial charge < -0.3 is 10.6 Å². The first-order chi connectivity index (χ1) is 8.02. The van der Waals surface area contributed by atoms with Crippen LogP contribution in [0.25, 0.3) is 0 Å². The normalized spacial score (nSPS) is 9.24. The minimum atomic E-state index is -0.398. The van der Waals surface area contributed by atoms with Crippen LogP contribution in [0, 0.1) is 18.3 Å². The smallest absolute Gasteiger partial charge is 0.238 e. The summed E-state index contributed by atoms with van der Waals surface area (Å²) in [6, 6.07) is 7.03. The number of hydrogen-bond acceptors (Lipinski definition) is 3. The molecule has 0 saturated heterocycles. The van der Waals surface area contributed by atoms with Crippen LogP contribution in [0.3, 0.4) is 0 Å². The molecule has 2 amide bonds. The molecule has 0 aliphatic carbocycles. The summed E-state index contributed by atoms with van der Waals surface area (Å²) in [6.45, 7) is 3.26. The molecular formula is C12H13N3O2. The fourth-order valence-corrected chi connectivity index (χ4v) is 1.33. The summed E-state index contributed by atoms with van der Waals surface area (Å²) in [5, 5.41) is 13.6. The average molecular weight is 231 g/mol. The zero-order valence-corrected chi connectivity index (χ0v) is 9.70. The number of nitriles is 1. The minimum absolute atomic E-state index is 0.215. The van der Waals surface area contributed by atoms with E-state index in [1.165, 1.54) is 6.92 Å². The van der Waals surface area contributed by atoms with Crippen molar-refractivity contribution < 1.29 is 9.59 Å². The molecule has 0 atom stereocenters. The van der Waals surface area contributed by atoms with E-state index in [-0.39, 0.29) is 12.3 Å². The maximum atomic E-state index is 11.3. The van der Waals surface area contributed by atoms with E-state index in [0.717, 1.165) is 5.56 Å². The number of benzene rings is 1. The number of anilines is 2. The van der Waals surface area contributed by atoms with Crippen LogP contribution in [-0.4, -0.2) is 11.8 Å². The molecular weight excluding hydrogens is 218 g/mol. The van der Waals surface area contributed by atoms with Crippen molar-refractivity contribution in [3.05, 3.63) is 23.8 Å². The summed E-state index contributed by atoms with van der Waals surface area (Å²) in [4.78, 5) is 22.3. The number of hydrogen-bond donors (Lipinski definition) is 2. The van der Waals surface area contributed by atoms with Crippen molar-refractivity contribution in [2.45, 2.75) is 20.3 Å². The van der Waals surface area contributed by atoms with Gasteiger partial charge in [-0.3, -0.25) is 9.59 Å². The Morgan fingerprint density at radius 3 is 2.59 bits per heavy atom. The molecule has 88 valence electrons. The van der Waals surface area contributed by atoms with Crippen LogP contribution in [0.4, 0.5) is 11.4 Å². The Labute approximate surface area is 99.4 Å². The van der Waals surface area contributed by atoms with E-state index in [0.29, 0.717) is 11.4 Å². The van der Waals surface area contributed by atoms with Crippen molar-refractivity contribution in [3.8, 4) is 6.07 Å². The van der Waals surface area contributed by atoms with Crippen LogP contribution in [0.2, 0.25) is 0 Å². The highest BCUT2D eigenvalue weighted by atomic mass is 16.2. The largest absolute Gasteiger partial charge is 0.325 e. The maximum absolute atomic E-state index is 11.3. The van der Waals surface area contributed by atoms with Gasteiger partial charge >= 0.3 is 0 Å². The fourth-order valence-electron chi connectivity index (χ4n) is 1.33. The quantitative estimate of drug-likeness (QED) is 0.832. The summed E-state index contributed by atoms with van der Waals surface area (Å²) < 4.78 is 0. The maximum Gasteiger partial charge on any atom is 0.238 e. The van der Waals surface area contributed by atoms with Crippen molar-refractivity contribution >= 4 is 23.2 Å². The van der Waals surface area contributed by atoms with Crippen molar-refractivity contribution in [2.75, 3.05) is 10.6 Å². The molecule has 0 heterocycles. The van der Waals surface area contributed by atoms with Crippen LogP contribution < -0.4 is 10.6 Å². The lowest BCUT2D eigenvalue weighted by Crippen LogP contribution is -2.14. The molecule has 0 radical (unpaired) electrons. The van der Waals surface area contributed by atoms with Crippen LogP contribution in [0.5, 0.6) is 0 Å². The van der Waals surface area contributed by atoms with Crippen molar-refractivity contribution in [2.24, 2.45) is 0 Å². The molecule has 0 fully saturated rings. The van der Waals surface area contributed by atoms with Crippen molar-refractivity contribution in [1.29, 1.82) is 5.26 Å². The van der Waals surface area contributed by atoms with Gasteiger partial charge in [0.2, 0.25) is 11.8 Å². The zero-order valence-electron chi connectivity index (χ0n) is 9.70. The number of nitrogens with zero attached hydrogens (tertiary/aromatic N) is 1. The first-order valence-corrected chi connectivity index (χ1v) is 5.08. The summed E-state index contributed by atoms with van der Waals surface area (Å²) >= 11 is 0. The summed E-state index contributed by atoms with van der Waals surface area (Å²) in [5.41, 5.74) is 1.97. The van der Waals surface area contributed by atoms with E-state index < -0.39 is 5.91 Å². The first-order valence-electron chi connectivity index (χ1n) is 5.08. The van der Waals surface area contributed by atoms with Crippen molar-refractivity contribution in [3.63, 3.8) is 0 Å². The minimum Gasteiger partial charge on any atom is -0.325 e. The van der Waals surface area contributed by atoms with Crippen LogP contribution in [0.1, 0.15) is 18.9 Å². The zero-order chi connectivity index (χ0) is 12.8. The fraction of sp³-hybridized carbons (Fsp3) is 0.250. The van der Waals surface area contributed by atoms with Gasteiger partial charge in [0.1, 0.15) is 6.42 Å². The highest BCUT2D eigenvalue weighted by Gasteiger charge is 2.07. The summed E-state index contributed by atoms with van der Waals surface area (Å²) in [7, 11) is 0. The van der Waals surface area contributed by atoms with Gasteiger partial charge in [0.05, 0.1) is 17.4 Å². The van der Waals surface area contributed by atoms with E-state index in [9.17, 15) is 9.59 Å². The van der Waals surface area contributed by atoms with Crippen LogP contribution in [-0.2, 0) is 9.59 Å². The Morgan fingerprint density at radius 2 is 2.00 bits per heavy atom. The Balaban J connectivity index is 2.95. The van der Waals surface area contributed by atoms with Gasteiger partial charge in [-0.25, -0.2) is 0 Å². The Bertz CT molecular complexity index is 489. The lowest BCUT2D eigenvalue weighted by Gasteiger charge is -2.11. The second-order valence-corrected chi connectivity index (χ2v) is 3.61. The third-order valence-electron chi connectivity index (χ3n) is 2.00. The third kappa shape index (κ3) is 3.95. The molecule has 0 aliphatic heterocycles. The number of carbonyl (C=O) groups excluding carboxylic acids is 2. The number of amides is 2. The molecule has 0 aliphatic rings. The van der Waals surface area contributed by atoms with E-state index in [1.54, 1.807) is 18.2 Å². The lowest BCUT2D eigenvalue weighted by atomic mass is 10.2. The molecule has 1 aromatic rings. The highest BCUT2D eigenvalue weighted by molar-refractivity contribution is 5.99. The number of aryl methyl sites for hydroxylation is 1. The third-order valence-corrected chi connectivity index (χ3v) is 2.00. The van der Waals surface area contributed by atoms with E-state index in [2.05, 4.69) is 10.6 Å². The molecule has 1 rings (SSSR count). The molecule has 0 unspecified atom stereocenters. The van der Waals surface area contributed by atoms with Gasteiger partial charge in [0.15, 0.2) is 0 Å². The van der Waals surface area contributed by atoms with Gasteiger partial charge in [-0.1, -0.05) is 6.07 Å². The second kappa shape index (κ2) is 5.66. The molecule has 5 heteroatoms. The molecule has 5 nitrogen and oxygen atoms in total. The second-order valence-electron chi connectivity index (χ2n) is 3.61.